The van der Waals surface area contributed by atoms with Crippen molar-refractivity contribution in [3.63, 3.8) is 0 Å². The zero-order chi connectivity index (χ0) is 44.8. The molecule has 16 nitrogen and oxygen atoms in total. The number of unbranched alkanes of at least 4 members (excludes halogenated alkanes) is 1. The number of fused-ring (bicyclic) bond motifs is 1. The monoisotopic (exact) mass is 870 g/mol. The van der Waals surface area contributed by atoms with Crippen molar-refractivity contribution in [2.24, 2.45) is 5.73 Å². The third kappa shape index (κ3) is 12.8. The van der Waals surface area contributed by atoms with E-state index < -0.39 is 77.8 Å². The lowest BCUT2D eigenvalue weighted by Crippen LogP contribution is -2.63. The molecule has 3 aromatic carbocycles. The Hall–Kier alpha value is -5.91. The van der Waals surface area contributed by atoms with E-state index in [0.717, 1.165) is 10.9 Å². The molecule has 332 valence electrons. The number of phenolic OH excluding ortho intramolecular Hbond substituents is 1. The first kappa shape index (κ1) is 47.1. The number of aliphatic hydroxyl groups is 1. The number of thioether (sulfide) groups is 1. The number of amides is 6. The van der Waals surface area contributed by atoms with E-state index in [0.29, 0.717) is 41.8 Å². The molecule has 4 aromatic rings. The van der Waals surface area contributed by atoms with Crippen molar-refractivity contribution in [2.45, 2.75) is 94.2 Å². The highest BCUT2D eigenvalue weighted by Gasteiger charge is 2.38. The van der Waals surface area contributed by atoms with Crippen LogP contribution in [0.15, 0.2) is 85.1 Å². The third-order valence-electron chi connectivity index (χ3n) is 11.0. The Morgan fingerprint density at radius 3 is 1.95 bits per heavy atom. The minimum absolute atomic E-state index is 0.00147. The van der Waals surface area contributed by atoms with Gasteiger partial charge < -0.3 is 52.4 Å². The molecule has 10 N–H and O–H groups in total. The summed E-state index contributed by atoms with van der Waals surface area (Å²) in [7, 11) is 1.45. The van der Waals surface area contributed by atoms with E-state index in [1.54, 1.807) is 42.6 Å². The van der Waals surface area contributed by atoms with Gasteiger partial charge in [-0.05, 0) is 86.0 Å². The van der Waals surface area contributed by atoms with Gasteiger partial charge in [0.05, 0.1) is 6.10 Å². The van der Waals surface area contributed by atoms with Crippen LogP contribution in [0.25, 0.3) is 10.9 Å². The maximum Gasteiger partial charge on any atom is 0.245 e. The summed E-state index contributed by atoms with van der Waals surface area (Å²) in [5.74, 6) is -3.88. The van der Waals surface area contributed by atoms with Gasteiger partial charge in [-0.1, -0.05) is 60.7 Å². The van der Waals surface area contributed by atoms with E-state index in [2.05, 4.69) is 31.6 Å². The summed E-state index contributed by atoms with van der Waals surface area (Å²) in [6.07, 6.45) is 3.30. The molecule has 0 bridgehead atoms. The van der Waals surface area contributed by atoms with Gasteiger partial charge in [0.1, 0.15) is 42.0 Å². The van der Waals surface area contributed by atoms with Crippen molar-refractivity contribution >= 4 is 58.1 Å². The predicted octanol–water partition coefficient (Wildman–Crippen LogP) is 1.43. The second kappa shape index (κ2) is 22.8. The first-order valence-electron chi connectivity index (χ1n) is 20.8. The van der Waals surface area contributed by atoms with Crippen molar-refractivity contribution in [1.82, 2.24) is 36.5 Å². The van der Waals surface area contributed by atoms with Crippen LogP contribution in [0.1, 0.15) is 49.3 Å². The molecular formula is C45H58N8O8S. The Bertz CT molecular complexity index is 2150. The number of nitrogens with one attached hydrogen (secondary N) is 6. The standard InChI is InChI=1S/C45H58N8O8S/c1-27(54)39-44(60)49-35(20-22-62-3)45(61)53(2)38(24-28-11-5-4-6-12-28)43(59)51-36(23-29-16-18-31(55)19-17-29)41(57)50-37(25-30-26-47-33-14-8-7-13-32(30)33)42(58)48-34(40(56)52-39)15-9-10-21-46/h4-8,11-14,16-19,26-27,34-39,47,54-55H,9-10,15,20-25,46H2,1-3H3,(H,48,58)(H,49,60)(H,50,57)(H,51,59)(H,52,56)/t27-,34+,35+,36+,37-,38+,39+/m1/s1. The van der Waals surface area contributed by atoms with Gasteiger partial charge in [-0.2, -0.15) is 11.8 Å². The van der Waals surface area contributed by atoms with Gasteiger partial charge >= 0.3 is 0 Å². The molecule has 0 unspecified atom stereocenters. The number of hydrogen-bond acceptors (Lipinski definition) is 10. The fourth-order valence-electron chi connectivity index (χ4n) is 7.44. The van der Waals surface area contributed by atoms with Crippen LogP contribution >= 0.6 is 11.8 Å². The Labute approximate surface area is 365 Å². The third-order valence-corrected chi connectivity index (χ3v) is 11.6. The van der Waals surface area contributed by atoms with Crippen molar-refractivity contribution in [3.8, 4) is 5.75 Å². The zero-order valence-corrected chi connectivity index (χ0v) is 36.1. The van der Waals surface area contributed by atoms with Crippen molar-refractivity contribution in [2.75, 3.05) is 25.6 Å². The molecule has 6 amide bonds. The number of hydrogen-bond donors (Lipinski definition) is 9. The summed E-state index contributed by atoms with van der Waals surface area (Å²) in [6.45, 7) is 1.64. The molecule has 1 aliphatic rings. The number of carbonyl (C=O) groups is 6. The maximum absolute atomic E-state index is 14.7. The minimum Gasteiger partial charge on any atom is -0.508 e. The fourth-order valence-corrected chi connectivity index (χ4v) is 7.91. The number of phenols is 1. The maximum atomic E-state index is 14.7. The molecule has 17 heteroatoms. The molecule has 0 aliphatic carbocycles. The fraction of sp³-hybridized carbons (Fsp3) is 0.422. The Morgan fingerprint density at radius 1 is 0.677 bits per heavy atom. The van der Waals surface area contributed by atoms with E-state index in [4.69, 9.17) is 5.73 Å². The van der Waals surface area contributed by atoms with Crippen LogP contribution in [-0.2, 0) is 48.0 Å². The average molecular weight is 871 g/mol. The normalized spacial score (nSPS) is 22.8. The van der Waals surface area contributed by atoms with Gasteiger partial charge in [0.2, 0.25) is 35.4 Å². The molecule has 1 aliphatic heterocycles. The first-order chi connectivity index (χ1) is 29.8. The number of para-hydroxylation sites is 1. The second-order valence-electron chi connectivity index (χ2n) is 15.6. The number of rotatable bonds is 14. The number of carbonyl (C=O) groups excluding carboxylic acids is 6. The van der Waals surface area contributed by atoms with Gasteiger partial charge in [0, 0.05) is 43.4 Å². The second-order valence-corrected chi connectivity index (χ2v) is 16.6. The zero-order valence-electron chi connectivity index (χ0n) is 35.3. The van der Waals surface area contributed by atoms with Crippen molar-refractivity contribution < 1.29 is 39.0 Å². The van der Waals surface area contributed by atoms with E-state index >= 15 is 0 Å². The van der Waals surface area contributed by atoms with Crippen molar-refractivity contribution in [1.29, 1.82) is 0 Å². The van der Waals surface area contributed by atoms with Crippen LogP contribution < -0.4 is 32.3 Å². The van der Waals surface area contributed by atoms with Gasteiger partial charge in [-0.25, -0.2) is 0 Å². The summed E-state index contributed by atoms with van der Waals surface area (Å²) in [4.78, 5) is 90.8. The van der Waals surface area contributed by atoms with E-state index in [-0.39, 0.29) is 37.9 Å². The molecule has 1 saturated heterocycles. The molecule has 0 saturated carbocycles. The number of aromatic amines is 1. The van der Waals surface area contributed by atoms with Crippen LogP contribution in [0.5, 0.6) is 5.75 Å². The number of likely N-dealkylation sites (N-methyl/N-ethyl adjacent to an activating group) is 1. The van der Waals surface area contributed by atoms with Crippen LogP contribution in [0, 0.1) is 0 Å². The van der Waals surface area contributed by atoms with Gasteiger partial charge in [0.25, 0.3) is 0 Å². The molecule has 2 heterocycles. The van der Waals surface area contributed by atoms with Gasteiger partial charge in [-0.15, -0.1) is 0 Å². The van der Waals surface area contributed by atoms with Crippen molar-refractivity contribution in [3.05, 3.63) is 102 Å². The lowest BCUT2D eigenvalue weighted by Gasteiger charge is -2.33. The van der Waals surface area contributed by atoms with Gasteiger partial charge in [0.15, 0.2) is 0 Å². The number of aromatic hydroxyl groups is 1. The SMILES string of the molecule is CSCC[C@@H]1NC(=O)[C@H]([C@@H](C)O)NC(=O)[C@H](CCCCN)NC(=O)[C@@H](Cc2c[nH]c3ccccc23)NC(=O)[C@H](Cc2ccc(O)cc2)NC(=O)[C@H](Cc2ccccc2)N(C)C1=O. The number of H-pyrrole nitrogens is 1. The Balaban J connectivity index is 1.62. The summed E-state index contributed by atoms with van der Waals surface area (Å²) in [6, 6.07) is 14.9. The highest BCUT2D eigenvalue weighted by atomic mass is 32.2. The molecule has 0 radical (unpaired) electrons. The molecular weight excluding hydrogens is 813 g/mol. The van der Waals surface area contributed by atoms with Crippen LogP contribution in [-0.4, -0.2) is 123 Å². The highest BCUT2D eigenvalue weighted by molar-refractivity contribution is 7.98. The summed E-state index contributed by atoms with van der Waals surface area (Å²) in [5.41, 5.74) is 8.55. The smallest absolute Gasteiger partial charge is 0.245 e. The minimum atomic E-state index is -1.53. The van der Waals surface area contributed by atoms with Crippen LogP contribution in [0.4, 0.5) is 0 Å². The largest absolute Gasteiger partial charge is 0.508 e. The predicted molar refractivity (Wildman–Crippen MR) is 238 cm³/mol. The molecule has 62 heavy (non-hydrogen) atoms. The van der Waals surface area contributed by atoms with E-state index in [9.17, 15) is 39.0 Å². The molecule has 0 spiro atoms. The number of nitrogens with zero attached hydrogens (tertiary/aromatic N) is 1. The number of aromatic nitrogens is 1. The lowest BCUT2D eigenvalue weighted by molar-refractivity contribution is -0.143. The summed E-state index contributed by atoms with van der Waals surface area (Å²) < 4.78 is 0. The molecule has 1 aromatic heterocycles. The molecule has 5 rings (SSSR count). The lowest BCUT2D eigenvalue weighted by atomic mass is 9.99. The van der Waals surface area contributed by atoms with Crippen LogP contribution in [0.2, 0.25) is 0 Å². The summed E-state index contributed by atoms with van der Waals surface area (Å²) in [5, 5.41) is 35.5. The Morgan fingerprint density at radius 2 is 1.27 bits per heavy atom. The summed E-state index contributed by atoms with van der Waals surface area (Å²) >= 11 is 1.44. The van der Waals surface area contributed by atoms with Crippen LogP contribution in [0.3, 0.4) is 0 Å². The topological polar surface area (TPSA) is 248 Å². The molecule has 1 fully saturated rings. The van der Waals surface area contributed by atoms with E-state index in [1.165, 1.54) is 42.8 Å². The van der Waals surface area contributed by atoms with E-state index in [1.807, 2.05) is 36.6 Å². The molecule has 7 atom stereocenters. The number of benzene rings is 3. The number of nitrogens with two attached hydrogens (primary N) is 1. The van der Waals surface area contributed by atoms with Gasteiger partial charge in [-0.3, -0.25) is 28.8 Å². The average Bonchev–Trinajstić information content (AvgIpc) is 3.67. The Kier molecular flexibility index (Phi) is 17.3. The first-order valence-corrected chi connectivity index (χ1v) is 22.2. The number of aliphatic hydroxyl groups excluding tert-OH is 1. The quantitative estimate of drug-likeness (QED) is 0.0826. The highest BCUT2D eigenvalue weighted by Crippen LogP contribution is 2.21.